The van der Waals surface area contributed by atoms with Gasteiger partial charge in [-0.25, -0.2) is 0 Å². The number of hydrogen-bond acceptors (Lipinski definition) is 0. The molecule has 0 aliphatic heterocycles. The van der Waals surface area contributed by atoms with E-state index in [0.29, 0.717) is 5.92 Å². The first-order valence-corrected chi connectivity index (χ1v) is 6.23. The van der Waals surface area contributed by atoms with Crippen molar-refractivity contribution in [3.8, 4) is 0 Å². The second-order valence-electron chi connectivity index (χ2n) is 4.07. The van der Waals surface area contributed by atoms with Crippen molar-refractivity contribution >= 4 is 15.9 Å². The Balaban J connectivity index is 2.96. The summed E-state index contributed by atoms with van der Waals surface area (Å²) in [6, 6.07) is 6.53. The molecule has 1 aromatic rings. The van der Waals surface area contributed by atoms with Crippen LogP contribution < -0.4 is 0 Å². The number of halogens is 1. The van der Waals surface area contributed by atoms with E-state index in [0.717, 1.165) is 0 Å². The summed E-state index contributed by atoms with van der Waals surface area (Å²) in [6.07, 6.45) is 3.74. The number of rotatable bonds is 4. The van der Waals surface area contributed by atoms with Crippen LogP contribution in [-0.4, -0.2) is 0 Å². The van der Waals surface area contributed by atoms with Crippen molar-refractivity contribution in [2.45, 2.75) is 46.0 Å². The minimum atomic E-state index is 0.624. The second-order valence-corrected chi connectivity index (χ2v) is 4.92. The molecule has 1 rings (SSSR count). The molecule has 0 aromatic heterocycles. The first kappa shape index (κ1) is 11.8. The van der Waals surface area contributed by atoms with Crippen LogP contribution in [-0.2, 0) is 6.42 Å². The predicted octanol–water partition coefficient (Wildman–Crippen LogP) is 4.92. The van der Waals surface area contributed by atoms with Gasteiger partial charge in [0.15, 0.2) is 0 Å². The first-order chi connectivity index (χ1) is 6.66. The van der Waals surface area contributed by atoms with Gasteiger partial charge in [0.25, 0.3) is 0 Å². The average molecular weight is 255 g/mol. The Hall–Kier alpha value is -0.300. The third-order valence-corrected chi connectivity index (χ3v) is 3.30. The Morgan fingerprint density at radius 1 is 1.29 bits per heavy atom. The summed E-state index contributed by atoms with van der Waals surface area (Å²) in [5.41, 5.74) is 3.00. The Morgan fingerprint density at radius 2 is 2.00 bits per heavy atom. The van der Waals surface area contributed by atoms with Crippen LogP contribution in [0.4, 0.5) is 0 Å². The van der Waals surface area contributed by atoms with Gasteiger partial charge >= 0.3 is 0 Å². The first-order valence-electron chi connectivity index (χ1n) is 5.44. The van der Waals surface area contributed by atoms with Gasteiger partial charge in [-0.1, -0.05) is 55.3 Å². The normalized spacial score (nSPS) is 10.9. The van der Waals surface area contributed by atoms with Crippen molar-refractivity contribution < 1.29 is 0 Å². The minimum Gasteiger partial charge on any atom is -0.0654 e. The van der Waals surface area contributed by atoms with Gasteiger partial charge in [0.2, 0.25) is 0 Å². The summed E-state index contributed by atoms with van der Waals surface area (Å²) >= 11 is 3.65. The number of benzene rings is 1. The fraction of sp³-hybridized carbons (Fsp3) is 0.538. The monoisotopic (exact) mass is 254 g/mol. The maximum Gasteiger partial charge on any atom is 0.0210 e. The Morgan fingerprint density at radius 3 is 2.57 bits per heavy atom. The van der Waals surface area contributed by atoms with E-state index >= 15 is 0 Å². The molecule has 0 bridgehead atoms. The highest BCUT2D eigenvalue weighted by Crippen LogP contribution is 2.27. The molecule has 1 aromatic carbocycles. The molecule has 0 aliphatic rings. The van der Waals surface area contributed by atoms with E-state index in [1.807, 2.05) is 0 Å². The predicted molar refractivity (Wildman–Crippen MR) is 66.8 cm³/mol. The fourth-order valence-electron chi connectivity index (χ4n) is 1.73. The van der Waals surface area contributed by atoms with E-state index in [1.54, 1.807) is 0 Å². The summed E-state index contributed by atoms with van der Waals surface area (Å²) in [5.74, 6) is 0.624. The molecule has 0 spiro atoms. The van der Waals surface area contributed by atoms with E-state index < -0.39 is 0 Å². The van der Waals surface area contributed by atoms with Gasteiger partial charge in [0.1, 0.15) is 0 Å². The van der Waals surface area contributed by atoms with Crippen LogP contribution in [0.3, 0.4) is 0 Å². The van der Waals surface area contributed by atoms with Gasteiger partial charge in [0.05, 0.1) is 0 Å². The molecule has 0 N–H and O–H groups in total. The maximum absolute atomic E-state index is 3.65. The molecule has 0 fully saturated rings. The summed E-state index contributed by atoms with van der Waals surface area (Å²) < 4.78 is 1.28. The van der Waals surface area contributed by atoms with Gasteiger partial charge in [-0.2, -0.15) is 0 Å². The molecule has 0 nitrogen and oxygen atoms in total. The summed E-state index contributed by atoms with van der Waals surface area (Å²) in [5, 5.41) is 0. The van der Waals surface area contributed by atoms with E-state index in [9.17, 15) is 0 Å². The van der Waals surface area contributed by atoms with Crippen LogP contribution >= 0.6 is 15.9 Å². The largest absolute Gasteiger partial charge is 0.0654 e. The molecule has 0 saturated carbocycles. The van der Waals surface area contributed by atoms with Crippen molar-refractivity contribution in [2.75, 3.05) is 0 Å². The van der Waals surface area contributed by atoms with Crippen LogP contribution in [0.5, 0.6) is 0 Å². The van der Waals surface area contributed by atoms with Crippen LogP contribution in [0.1, 0.15) is 50.7 Å². The van der Waals surface area contributed by atoms with Crippen LogP contribution in [0.2, 0.25) is 0 Å². The van der Waals surface area contributed by atoms with Crippen molar-refractivity contribution in [3.05, 3.63) is 33.8 Å². The molecule has 0 radical (unpaired) electrons. The van der Waals surface area contributed by atoms with Gasteiger partial charge in [-0.05, 0) is 36.0 Å². The van der Waals surface area contributed by atoms with Gasteiger partial charge in [-0.15, -0.1) is 0 Å². The highest BCUT2D eigenvalue weighted by atomic mass is 79.9. The lowest BCUT2D eigenvalue weighted by Crippen LogP contribution is -1.97. The van der Waals surface area contributed by atoms with Crippen LogP contribution in [0.25, 0.3) is 0 Å². The summed E-state index contributed by atoms with van der Waals surface area (Å²) in [6.45, 7) is 6.76. The highest BCUT2D eigenvalue weighted by molar-refractivity contribution is 9.10. The van der Waals surface area contributed by atoms with E-state index in [2.05, 4.69) is 54.9 Å². The van der Waals surface area contributed by atoms with Crippen molar-refractivity contribution in [2.24, 2.45) is 0 Å². The van der Waals surface area contributed by atoms with Gasteiger partial charge in [-0.3, -0.25) is 0 Å². The van der Waals surface area contributed by atoms with Crippen molar-refractivity contribution in [1.29, 1.82) is 0 Å². The quantitative estimate of drug-likeness (QED) is 0.716. The average Bonchev–Trinajstić information content (AvgIpc) is 2.15. The lowest BCUT2D eigenvalue weighted by Gasteiger charge is -2.14. The molecule has 0 heterocycles. The Labute approximate surface area is 95.9 Å². The van der Waals surface area contributed by atoms with Gasteiger partial charge < -0.3 is 0 Å². The van der Waals surface area contributed by atoms with E-state index in [4.69, 9.17) is 0 Å². The van der Waals surface area contributed by atoms with Crippen molar-refractivity contribution in [3.63, 3.8) is 0 Å². The minimum absolute atomic E-state index is 0.624. The Kier molecular flexibility index (Phi) is 4.67. The zero-order valence-electron chi connectivity index (χ0n) is 9.31. The summed E-state index contributed by atoms with van der Waals surface area (Å²) in [4.78, 5) is 0. The third-order valence-electron chi connectivity index (χ3n) is 2.56. The topological polar surface area (TPSA) is 0 Å². The molecule has 0 amide bonds. The lowest BCUT2D eigenvalue weighted by molar-refractivity contribution is 0.764. The van der Waals surface area contributed by atoms with Crippen molar-refractivity contribution in [1.82, 2.24) is 0 Å². The zero-order chi connectivity index (χ0) is 10.6. The Bertz CT molecular complexity index is 289. The van der Waals surface area contributed by atoms with Crippen LogP contribution in [0.15, 0.2) is 22.7 Å². The standard InChI is InChI=1S/C13H19Br/c1-4-5-7-12-11(10(2)3)8-6-9-13(12)14/h6,8-10H,4-5,7H2,1-3H3. The van der Waals surface area contributed by atoms with Gasteiger partial charge in [0, 0.05) is 4.47 Å². The molecule has 78 valence electrons. The lowest BCUT2D eigenvalue weighted by atomic mass is 9.94. The molecular formula is C13H19Br. The maximum atomic E-state index is 3.65. The molecule has 0 atom stereocenters. The summed E-state index contributed by atoms with van der Waals surface area (Å²) in [7, 11) is 0. The molecular weight excluding hydrogens is 236 g/mol. The zero-order valence-corrected chi connectivity index (χ0v) is 10.9. The molecule has 0 saturated heterocycles. The van der Waals surface area contributed by atoms with Crippen LogP contribution in [0, 0.1) is 0 Å². The SMILES string of the molecule is CCCCc1c(Br)cccc1C(C)C. The molecule has 0 unspecified atom stereocenters. The molecule has 14 heavy (non-hydrogen) atoms. The number of unbranched alkanes of at least 4 members (excludes halogenated alkanes) is 1. The van der Waals surface area contributed by atoms with E-state index in [1.165, 1.54) is 34.9 Å². The highest BCUT2D eigenvalue weighted by Gasteiger charge is 2.08. The molecule has 0 aliphatic carbocycles. The molecule has 1 heteroatoms. The van der Waals surface area contributed by atoms with E-state index in [-0.39, 0.29) is 0 Å². The smallest absolute Gasteiger partial charge is 0.0210 e. The fourth-order valence-corrected chi connectivity index (χ4v) is 2.31. The number of hydrogen-bond donors (Lipinski definition) is 0. The third kappa shape index (κ3) is 2.84. The second kappa shape index (κ2) is 5.55.